The minimum Gasteiger partial charge on any atom is -0.444 e. The van der Waals surface area contributed by atoms with Crippen molar-refractivity contribution < 1.29 is 14.0 Å². The Bertz CT molecular complexity index is 1420. The van der Waals surface area contributed by atoms with E-state index in [-0.39, 0.29) is 11.8 Å². The van der Waals surface area contributed by atoms with Crippen LogP contribution < -0.4 is 10.6 Å². The number of amides is 2. The van der Waals surface area contributed by atoms with E-state index in [2.05, 4.69) is 25.6 Å². The fraction of sp³-hybridized carbons (Fsp3) is 0. The molecule has 0 radical (unpaired) electrons. The van der Waals surface area contributed by atoms with Gasteiger partial charge in [0.05, 0.1) is 18.1 Å². The maximum atomic E-state index is 12.8. The van der Waals surface area contributed by atoms with Crippen molar-refractivity contribution in [1.82, 2.24) is 15.0 Å². The Labute approximate surface area is 182 Å². The van der Waals surface area contributed by atoms with Crippen LogP contribution in [-0.4, -0.2) is 26.8 Å². The number of fused-ring (bicyclic) bond motifs is 1. The van der Waals surface area contributed by atoms with Crippen LogP contribution >= 0.6 is 0 Å². The van der Waals surface area contributed by atoms with E-state index < -0.39 is 0 Å². The Morgan fingerprint density at radius 1 is 0.844 bits per heavy atom. The van der Waals surface area contributed by atoms with Gasteiger partial charge in [0, 0.05) is 34.0 Å². The summed E-state index contributed by atoms with van der Waals surface area (Å²) in [6, 6.07) is 17.5. The molecule has 3 N–H and O–H groups in total. The molecule has 32 heavy (non-hydrogen) atoms. The van der Waals surface area contributed by atoms with Gasteiger partial charge in [-0.25, -0.2) is 9.97 Å². The largest absolute Gasteiger partial charge is 0.444 e. The maximum absolute atomic E-state index is 12.8. The molecule has 0 bridgehead atoms. The average molecular weight is 423 g/mol. The van der Waals surface area contributed by atoms with Gasteiger partial charge >= 0.3 is 0 Å². The van der Waals surface area contributed by atoms with E-state index in [0.29, 0.717) is 28.3 Å². The van der Waals surface area contributed by atoms with Crippen LogP contribution in [0.1, 0.15) is 20.7 Å². The Morgan fingerprint density at radius 3 is 2.41 bits per heavy atom. The fourth-order valence-corrected chi connectivity index (χ4v) is 3.32. The third-order valence-electron chi connectivity index (χ3n) is 4.88. The second kappa shape index (κ2) is 8.19. The number of H-pyrrole nitrogens is 1. The second-order valence-corrected chi connectivity index (χ2v) is 7.08. The summed E-state index contributed by atoms with van der Waals surface area (Å²) in [6.45, 7) is 0. The van der Waals surface area contributed by atoms with Gasteiger partial charge in [0.25, 0.3) is 11.8 Å². The molecule has 0 aliphatic rings. The third-order valence-corrected chi connectivity index (χ3v) is 4.88. The molecule has 8 heteroatoms. The molecule has 0 atom stereocenters. The summed E-state index contributed by atoms with van der Waals surface area (Å²) in [5.74, 6) is -0.0551. The van der Waals surface area contributed by atoms with Gasteiger partial charge in [0.2, 0.25) is 0 Å². The number of anilines is 2. The molecular formula is C24H17N5O3. The van der Waals surface area contributed by atoms with Crippen LogP contribution in [0.2, 0.25) is 0 Å². The molecule has 0 aliphatic carbocycles. The lowest BCUT2D eigenvalue weighted by molar-refractivity contribution is 0.102. The summed E-state index contributed by atoms with van der Waals surface area (Å²) < 4.78 is 5.30. The number of nitrogens with one attached hydrogen (secondary N) is 3. The molecule has 0 spiro atoms. The van der Waals surface area contributed by atoms with Gasteiger partial charge in [0.15, 0.2) is 12.2 Å². The van der Waals surface area contributed by atoms with E-state index in [1.54, 1.807) is 55.0 Å². The molecule has 0 saturated heterocycles. The van der Waals surface area contributed by atoms with Crippen LogP contribution in [0.5, 0.6) is 0 Å². The summed E-state index contributed by atoms with van der Waals surface area (Å²) >= 11 is 0. The van der Waals surface area contributed by atoms with Gasteiger partial charge in [-0.2, -0.15) is 0 Å². The minimum atomic E-state index is -0.330. The zero-order valence-electron chi connectivity index (χ0n) is 16.7. The number of rotatable bonds is 5. The van der Waals surface area contributed by atoms with Crippen molar-refractivity contribution in [2.75, 3.05) is 10.6 Å². The molecule has 5 rings (SSSR count). The quantitative estimate of drug-likeness (QED) is 0.378. The van der Waals surface area contributed by atoms with Gasteiger partial charge in [-0.3, -0.25) is 9.59 Å². The molecule has 8 nitrogen and oxygen atoms in total. The van der Waals surface area contributed by atoms with Crippen LogP contribution in [0.4, 0.5) is 11.4 Å². The molecule has 2 amide bonds. The number of carbonyl (C=O) groups excluding carboxylic acids is 2. The lowest BCUT2D eigenvalue weighted by atomic mass is 10.1. The van der Waals surface area contributed by atoms with Gasteiger partial charge in [0.1, 0.15) is 5.65 Å². The number of aromatic nitrogens is 3. The monoisotopic (exact) mass is 423 g/mol. The first kappa shape index (κ1) is 19.3. The molecule has 0 fully saturated rings. The zero-order chi connectivity index (χ0) is 21.9. The summed E-state index contributed by atoms with van der Waals surface area (Å²) in [6.07, 6.45) is 6.32. The van der Waals surface area contributed by atoms with Crippen LogP contribution in [0, 0.1) is 0 Å². The van der Waals surface area contributed by atoms with E-state index >= 15 is 0 Å². The van der Waals surface area contributed by atoms with Crippen molar-refractivity contribution in [3.8, 4) is 11.3 Å². The Morgan fingerprint density at radius 2 is 1.62 bits per heavy atom. The van der Waals surface area contributed by atoms with Crippen molar-refractivity contribution in [1.29, 1.82) is 0 Å². The summed E-state index contributed by atoms with van der Waals surface area (Å²) in [4.78, 5) is 36.6. The number of hydrogen-bond donors (Lipinski definition) is 3. The SMILES string of the molecule is O=C(Nc1cccc(-c2cnco2)c1)c1cccc(C(=O)Nc2cnc3[nH]ccc3c2)c1. The number of hydrogen-bond acceptors (Lipinski definition) is 5. The first-order valence-electron chi connectivity index (χ1n) is 9.80. The Kier molecular flexibility index (Phi) is 4.93. The van der Waals surface area contributed by atoms with Gasteiger partial charge in [-0.15, -0.1) is 0 Å². The molecule has 3 heterocycles. The van der Waals surface area contributed by atoms with E-state index in [9.17, 15) is 9.59 Å². The summed E-state index contributed by atoms with van der Waals surface area (Å²) in [5.41, 5.74) is 3.44. The Hall–Kier alpha value is -4.72. The van der Waals surface area contributed by atoms with E-state index in [4.69, 9.17) is 4.42 Å². The highest BCUT2D eigenvalue weighted by Crippen LogP contribution is 2.23. The molecule has 2 aromatic carbocycles. The maximum Gasteiger partial charge on any atom is 0.255 e. The number of carbonyl (C=O) groups is 2. The topological polar surface area (TPSA) is 113 Å². The third kappa shape index (κ3) is 3.97. The highest BCUT2D eigenvalue weighted by Gasteiger charge is 2.12. The molecule has 0 aliphatic heterocycles. The first-order valence-corrected chi connectivity index (χ1v) is 9.80. The first-order chi connectivity index (χ1) is 15.7. The van der Waals surface area contributed by atoms with E-state index in [1.165, 1.54) is 6.39 Å². The molecular weight excluding hydrogens is 406 g/mol. The van der Waals surface area contributed by atoms with Crippen molar-refractivity contribution in [3.05, 3.63) is 96.8 Å². The van der Waals surface area contributed by atoms with Crippen LogP contribution in [-0.2, 0) is 0 Å². The van der Waals surface area contributed by atoms with E-state index in [0.717, 1.165) is 16.6 Å². The number of nitrogens with zero attached hydrogens (tertiary/aromatic N) is 2. The van der Waals surface area contributed by atoms with Crippen molar-refractivity contribution >= 4 is 34.2 Å². The van der Waals surface area contributed by atoms with Gasteiger partial charge in [-0.1, -0.05) is 18.2 Å². The highest BCUT2D eigenvalue weighted by atomic mass is 16.3. The van der Waals surface area contributed by atoms with E-state index in [1.807, 2.05) is 24.3 Å². The predicted molar refractivity (Wildman–Crippen MR) is 120 cm³/mol. The van der Waals surface area contributed by atoms with Crippen molar-refractivity contribution in [2.24, 2.45) is 0 Å². The van der Waals surface area contributed by atoms with Crippen LogP contribution in [0.3, 0.4) is 0 Å². The number of pyridine rings is 1. The lowest BCUT2D eigenvalue weighted by Gasteiger charge is -2.09. The lowest BCUT2D eigenvalue weighted by Crippen LogP contribution is -2.15. The zero-order valence-corrected chi connectivity index (χ0v) is 16.7. The number of benzene rings is 2. The predicted octanol–water partition coefficient (Wildman–Crippen LogP) is 4.72. The summed E-state index contributed by atoms with van der Waals surface area (Å²) in [5, 5.41) is 6.56. The van der Waals surface area contributed by atoms with Crippen LogP contribution in [0.25, 0.3) is 22.4 Å². The Balaban J connectivity index is 1.31. The molecule has 156 valence electrons. The standard InChI is InChI=1S/C24H17N5O3/c30-23(28-19-6-2-3-15(10-19)21-13-25-14-32-21)17-4-1-5-18(9-17)24(31)29-20-11-16-7-8-26-22(16)27-12-20/h1-14H,(H,26,27)(H,28,30)(H,29,31). The number of oxazole rings is 1. The normalized spacial score (nSPS) is 10.8. The minimum absolute atomic E-state index is 0.329. The molecule has 0 saturated carbocycles. The second-order valence-electron chi connectivity index (χ2n) is 7.08. The van der Waals surface area contributed by atoms with Gasteiger partial charge < -0.3 is 20.0 Å². The average Bonchev–Trinajstić information content (AvgIpc) is 3.51. The molecule has 3 aromatic heterocycles. The van der Waals surface area contributed by atoms with Crippen molar-refractivity contribution in [2.45, 2.75) is 0 Å². The van der Waals surface area contributed by atoms with Gasteiger partial charge in [-0.05, 0) is 42.5 Å². The smallest absolute Gasteiger partial charge is 0.255 e. The highest BCUT2D eigenvalue weighted by molar-refractivity contribution is 6.09. The molecule has 5 aromatic rings. The van der Waals surface area contributed by atoms with Crippen LogP contribution in [0.15, 0.2) is 90.1 Å². The van der Waals surface area contributed by atoms with Crippen molar-refractivity contribution in [3.63, 3.8) is 0 Å². The number of aromatic amines is 1. The fourth-order valence-electron chi connectivity index (χ4n) is 3.32. The molecule has 0 unspecified atom stereocenters. The summed E-state index contributed by atoms with van der Waals surface area (Å²) in [7, 11) is 0.